The number of ether oxygens (including phenoxy) is 1. The first-order valence-corrected chi connectivity index (χ1v) is 12.2. The van der Waals surface area contributed by atoms with Gasteiger partial charge in [-0.25, -0.2) is 0 Å². The van der Waals surface area contributed by atoms with Crippen LogP contribution in [0, 0.1) is 11.3 Å². The molecule has 0 fully saturated rings. The number of rotatable bonds is 7. The molecule has 0 bridgehead atoms. The smallest absolute Gasteiger partial charge is 0.242 e. The van der Waals surface area contributed by atoms with Crippen LogP contribution in [0.25, 0.3) is 0 Å². The fourth-order valence-electron chi connectivity index (χ4n) is 4.25. The van der Waals surface area contributed by atoms with Gasteiger partial charge in [0.1, 0.15) is 5.75 Å². The molecule has 2 heterocycles. The first kappa shape index (κ1) is 24.3. The molecule has 174 valence electrons. The van der Waals surface area contributed by atoms with Crippen LogP contribution in [0.1, 0.15) is 63.1 Å². The highest BCUT2D eigenvalue weighted by Gasteiger charge is 2.34. The first-order valence-electron chi connectivity index (χ1n) is 11.4. The number of thiophene rings is 1. The monoisotopic (exact) mass is 456 g/mol. The summed E-state index contributed by atoms with van der Waals surface area (Å²) in [5.74, 6) is 1.15. The molecule has 0 saturated carbocycles. The van der Waals surface area contributed by atoms with E-state index in [9.17, 15) is 9.59 Å². The Labute approximate surface area is 196 Å². The Hall–Kier alpha value is -2.34. The molecular weight excluding hydrogens is 420 g/mol. The summed E-state index contributed by atoms with van der Waals surface area (Å²) in [5.41, 5.74) is 2.14. The molecular formula is C26H36N2O3S. The fraction of sp³-hybridized carbons (Fsp3) is 0.538. The van der Waals surface area contributed by atoms with Crippen LogP contribution in [0.4, 0.5) is 0 Å². The van der Waals surface area contributed by atoms with E-state index in [4.69, 9.17) is 4.74 Å². The van der Waals surface area contributed by atoms with Gasteiger partial charge in [-0.2, -0.15) is 0 Å². The number of carbonyl (C=O) groups excluding carboxylic acids is 2. The largest absolute Gasteiger partial charge is 0.497 e. The van der Waals surface area contributed by atoms with E-state index in [2.05, 4.69) is 46.1 Å². The molecule has 32 heavy (non-hydrogen) atoms. The third kappa shape index (κ3) is 5.91. The van der Waals surface area contributed by atoms with Gasteiger partial charge in [0.25, 0.3) is 0 Å². The van der Waals surface area contributed by atoms with Gasteiger partial charge in [-0.1, -0.05) is 46.8 Å². The van der Waals surface area contributed by atoms with Gasteiger partial charge in [-0.15, -0.1) is 11.3 Å². The van der Waals surface area contributed by atoms with E-state index in [1.807, 2.05) is 29.2 Å². The van der Waals surface area contributed by atoms with Gasteiger partial charge >= 0.3 is 0 Å². The minimum absolute atomic E-state index is 0.00516. The number of fused-ring (bicyclic) bond motifs is 1. The maximum Gasteiger partial charge on any atom is 0.242 e. The maximum absolute atomic E-state index is 13.6. The lowest BCUT2D eigenvalue weighted by Crippen LogP contribution is -2.48. The van der Waals surface area contributed by atoms with E-state index in [-0.39, 0.29) is 29.8 Å². The summed E-state index contributed by atoms with van der Waals surface area (Å²) < 4.78 is 5.32. The van der Waals surface area contributed by atoms with Crippen molar-refractivity contribution in [2.45, 2.75) is 53.5 Å². The molecule has 2 aromatic rings. The Kier molecular flexibility index (Phi) is 7.65. The van der Waals surface area contributed by atoms with Crippen molar-refractivity contribution in [2.75, 3.05) is 26.7 Å². The van der Waals surface area contributed by atoms with Crippen molar-refractivity contribution in [2.24, 2.45) is 11.3 Å². The lowest BCUT2D eigenvalue weighted by Gasteiger charge is -2.38. The maximum atomic E-state index is 13.6. The quantitative estimate of drug-likeness (QED) is 0.579. The van der Waals surface area contributed by atoms with Crippen LogP contribution in [-0.4, -0.2) is 48.4 Å². The molecule has 5 nitrogen and oxygen atoms in total. The molecule has 0 saturated heterocycles. The molecule has 0 spiro atoms. The van der Waals surface area contributed by atoms with Crippen LogP contribution in [0.5, 0.6) is 5.75 Å². The van der Waals surface area contributed by atoms with E-state index in [1.54, 1.807) is 23.3 Å². The average molecular weight is 457 g/mol. The lowest BCUT2D eigenvalue weighted by molar-refractivity contribution is -0.143. The zero-order valence-corrected chi connectivity index (χ0v) is 21.0. The first-order chi connectivity index (χ1) is 15.1. The SMILES string of the molecule is COc1ccc(C2c3ccsc3CCN2C(=O)CN(CC(C)C)C(=O)CC(C)(C)C)cc1. The van der Waals surface area contributed by atoms with Crippen molar-refractivity contribution in [3.8, 4) is 5.75 Å². The van der Waals surface area contributed by atoms with E-state index < -0.39 is 0 Å². The van der Waals surface area contributed by atoms with Crippen LogP contribution in [0.3, 0.4) is 0 Å². The van der Waals surface area contributed by atoms with Gasteiger partial charge in [0, 0.05) is 24.4 Å². The van der Waals surface area contributed by atoms with Gasteiger partial charge in [0.15, 0.2) is 0 Å². The molecule has 1 aromatic carbocycles. The van der Waals surface area contributed by atoms with Crippen LogP contribution < -0.4 is 4.74 Å². The number of amides is 2. The second-order valence-electron chi connectivity index (χ2n) is 10.2. The Balaban J connectivity index is 1.87. The van der Waals surface area contributed by atoms with E-state index in [0.29, 0.717) is 25.4 Å². The van der Waals surface area contributed by atoms with Crippen LogP contribution in [-0.2, 0) is 16.0 Å². The lowest BCUT2D eigenvalue weighted by atomic mass is 9.91. The molecule has 1 aromatic heterocycles. The highest BCUT2D eigenvalue weighted by molar-refractivity contribution is 7.10. The Morgan fingerprint density at radius 1 is 1.19 bits per heavy atom. The molecule has 6 heteroatoms. The fourth-order valence-corrected chi connectivity index (χ4v) is 5.15. The standard InChI is InChI=1S/C26H36N2O3S/c1-18(2)16-27(23(29)15-26(3,4)5)17-24(30)28-13-11-22-21(12-14-32-22)25(28)19-7-9-20(31-6)10-8-19/h7-10,12,14,18,25H,11,13,15-17H2,1-6H3. The Morgan fingerprint density at radius 2 is 1.88 bits per heavy atom. The third-order valence-electron chi connectivity index (χ3n) is 5.66. The number of hydrogen-bond donors (Lipinski definition) is 0. The molecule has 1 aliphatic rings. The summed E-state index contributed by atoms with van der Waals surface area (Å²) in [7, 11) is 1.65. The number of carbonyl (C=O) groups is 2. The number of benzene rings is 1. The average Bonchev–Trinajstić information content (AvgIpc) is 3.20. The summed E-state index contributed by atoms with van der Waals surface area (Å²) in [6.45, 7) is 11.7. The molecule has 3 rings (SSSR count). The molecule has 0 N–H and O–H groups in total. The summed E-state index contributed by atoms with van der Waals surface area (Å²) in [6, 6.07) is 9.94. The predicted octanol–water partition coefficient (Wildman–Crippen LogP) is 5.15. The van der Waals surface area contributed by atoms with Gasteiger partial charge in [0.05, 0.1) is 19.7 Å². The molecule has 1 atom stereocenters. The van der Waals surface area contributed by atoms with E-state index >= 15 is 0 Å². The third-order valence-corrected chi connectivity index (χ3v) is 6.66. The zero-order valence-electron chi connectivity index (χ0n) is 20.2. The minimum atomic E-state index is -0.137. The van der Waals surface area contributed by atoms with Crippen molar-refractivity contribution in [3.63, 3.8) is 0 Å². The van der Waals surface area contributed by atoms with Crippen LogP contribution >= 0.6 is 11.3 Å². The second kappa shape index (κ2) is 10.1. The molecule has 1 aliphatic heterocycles. The van der Waals surface area contributed by atoms with Crippen molar-refractivity contribution < 1.29 is 14.3 Å². The predicted molar refractivity (Wildman–Crippen MR) is 130 cm³/mol. The van der Waals surface area contributed by atoms with Gasteiger partial charge in [-0.3, -0.25) is 9.59 Å². The van der Waals surface area contributed by atoms with Crippen molar-refractivity contribution in [1.82, 2.24) is 9.80 Å². The normalized spacial score (nSPS) is 16.1. The van der Waals surface area contributed by atoms with Gasteiger partial charge < -0.3 is 14.5 Å². The van der Waals surface area contributed by atoms with Gasteiger partial charge in [-0.05, 0) is 52.5 Å². The summed E-state index contributed by atoms with van der Waals surface area (Å²) >= 11 is 1.75. The minimum Gasteiger partial charge on any atom is -0.497 e. The summed E-state index contributed by atoms with van der Waals surface area (Å²) in [4.78, 5) is 31.7. The van der Waals surface area contributed by atoms with Gasteiger partial charge in [0.2, 0.25) is 11.8 Å². The number of hydrogen-bond acceptors (Lipinski definition) is 4. The summed E-state index contributed by atoms with van der Waals surface area (Å²) in [6.07, 6.45) is 1.29. The molecule has 2 amide bonds. The Bertz CT molecular complexity index is 927. The second-order valence-corrected chi connectivity index (χ2v) is 11.2. The molecule has 0 aliphatic carbocycles. The number of nitrogens with zero attached hydrogens (tertiary/aromatic N) is 2. The van der Waals surface area contributed by atoms with E-state index in [1.165, 1.54) is 10.4 Å². The zero-order chi connectivity index (χ0) is 23.5. The van der Waals surface area contributed by atoms with E-state index in [0.717, 1.165) is 17.7 Å². The highest BCUT2D eigenvalue weighted by Crippen LogP contribution is 2.38. The summed E-state index contributed by atoms with van der Waals surface area (Å²) in [5, 5.41) is 2.10. The molecule has 1 unspecified atom stereocenters. The van der Waals surface area contributed by atoms with Crippen LogP contribution in [0.15, 0.2) is 35.7 Å². The Morgan fingerprint density at radius 3 is 2.47 bits per heavy atom. The van der Waals surface area contributed by atoms with Crippen molar-refractivity contribution in [3.05, 3.63) is 51.7 Å². The highest BCUT2D eigenvalue weighted by atomic mass is 32.1. The topological polar surface area (TPSA) is 49.9 Å². The van der Waals surface area contributed by atoms with Crippen molar-refractivity contribution in [1.29, 1.82) is 0 Å². The van der Waals surface area contributed by atoms with Crippen molar-refractivity contribution >= 4 is 23.2 Å². The molecule has 0 radical (unpaired) electrons. The number of methoxy groups -OCH3 is 1. The van der Waals surface area contributed by atoms with Crippen LogP contribution in [0.2, 0.25) is 0 Å².